The number of carbonyl (C=O) groups excluding carboxylic acids is 3. The molecule has 0 saturated carbocycles. The first-order chi connectivity index (χ1) is 9.62. The number of aliphatic imine (C=N–C) groups is 1. The van der Waals surface area contributed by atoms with E-state index in [9.17, 15) is 9.59 Å². The van der Waals surface area contributed by atoms with Gasteiger partial charge in [-0.15, -0.1) is 0 Å². The fourth-order valence-electron chi connectivity index (χ4n) is 1.16. The average Bonchev–Trinajstić information content (AvgIpc) is 2.47. The molecule has 1 heterocycles. The van der Waals surface area contributed by atoms with Crippen LogP contribution in [0.4, 0.5) is 0 Å². The lowest BCUT2D eigenvalue weighted by Crippen LogP contribution is -2.28. The quantitative estimate of drug-likeness (QED) is 0.353. The third kappa shape index (κ3) is 18.2. The van der Waals surface area contributed by atoms with Crippen molar-refractivity contribution >= 4 is 17.9 Å². The maximum absolute atomic E-state index is 10.4. The van der Waals surface area contributed by atoms with Crippen molar-refractivity contribution in [3.63, 3.8) is 0 Å². The van der Waals surface area contributed by atoms with Gasteiger partial charge < -0.3 is 5.32 Å². The summed E-state index contributed by atoms with van der Waals surface area (Å²) < 4.78 is 0. The number of isocyanates is 1. The van der Waals surface area contributed by atoms with E-state index in [1.165, 1.54) is 13.1 Å². The molecule has 8 nitrogen and oxygen atoms in total. The van der Waals surface area contributed by atoms with Crippen molar-refractivity contribution in [3.8, 4) is 0 Å². The van der Waals surface area contributed by atoms with Gasteiger partial charge in [-0.3, -0.25) is 9.59 Å². The van der Waals surface area contributed by atoms with Crippen LogP contribution < -0.4 is 10.2 Å². The summed E-state index contributed by atoms with van der Waals surface area (Å²) in [5, 5.41) is 5.76. The molecule has 0 unspecified atom stereocenters. The van der Waals surface area contributed by atoms with E-state index < -0.39 is 0 Å². The molecule has 0 aliphatic carbocycles. The van der Waals surface area contributed by atoms with E-state index in [-0.39, 0.29) is 11.8 Å². The van der Waals surface area contributed by atoms with Crippen LogP contribution in [0.1, 0.15) is 45.4 Å². The smallest absolute Gasteiger partial charge is 0.330 e. The predicted octanol–water partition coefficient (Wildman–Crippen LogP) is 1.49. The van der Waals surface area contributed by atoms with E-state index in [0.717, 1.165) is 38.6 Å². The molecule has 1 rings (SSSR count). The molecule has 0 radical (unpaired) electrons. The van der Waals surface area contributed by atoms with Crippen molar-refractivity contribution in [1.82, 2.24) is 10.2 Å². The fourth-order valence-corrected chi connectivity index (χ4v) is 1.16. The summed E-state index contributed by atoms with van der Waals surface area (Å²) >= 11 is 0. The number of amides is 2. The summed E-state index contributed by atoms with van der Waals surface area (Å²) in [5.41, 5.74) is 6.21. The largest absolute Gasteiger partial charge is 0.356 e. The summed E-state index contributed by atoms with van der Waals surface area (Å²) in [7, 11) is 1.38. The van der Waals surface area contributed by atoms with Crippen LogP contribution in [0.2, 0.25) is 0 Å². The van der Waals surface area contributed by atoms with Crippen LogP contribution >= 0.6 is 0 Å². The van der Waals surface area contributed by atoms with Crippen molar-refractivity contribution < 1.29 is 14.4 Å². The molecule has 2 amide bonds. The summed E-state index contributed by atoms with van der Waals surface area (Å²) in [5.74, 6) is -0.0851. The van der Waals surface area contributed by atoms with Crippen LogP contribution in [0.5, 0.6) is 0 Å². The highest BCUT2D eigenvalue weighted by Gasteiger charge is 2.04. The van der Waals surface area contributed by atoms with E-state index in [0.29, 0.717) is 6.42 Å². The number of hydrogen-bond donors (Lipinski definition) is 2. The minimum Gasteiger partial charge on any atom is -0.356 e. The van der Waals surface area contributed by atoms with Crippen LogP contribution in [0, 0.1) is 5.53 Å². The number of carbonyl (C=O) groups is 2. The zero-order valence-corrected chi connectivity index (χ0v) is 12.0. The molecule has 0 aromatic heterocycles. The highest BCUT2D eigenvalue weighted by molar-refractivity contribution is 5.76. The highest BCUT2D eigenvalue weighted by atomic mass is 16.2. The minimum absolute atomic E-state index is 0.214. The molecular formula is C12H22N5O3+. The summed E-state index contributed by atoms with van der Waals surface area (Å²) in [6.07, 6.45) is 6.49. The minimum atomic E-state index is -0.299. The lowest BCUT2D eigenvalue weighted by atomic mass is 10.2. The van der Waals surface area contributed by atoms with Crippen molar-refractivity contribution in [2.45, 2.75) is 45.4 Å². The fraction of sp³-hybridized carbons (Fsp3) is 0.750. The molecule has 0 bridgehead atoms. The summed E-state index contributed by atoms with van der Waals surface area (Å²) in [4.78, 5) is 35.2. The molecule has 0 aromatic rings. The number of nitrogens with one attached hydrogen (secondary N) is 2. The SMILES string of the molecule is CCCCC(=O)N=[N+]=N.CN=C=O.O=C1CCCCN1. The lowest BCUT2D eigenvalue weighted by molar-refractivity contribution is -0.122. The Morgan fingerprint density at radius 3 is 2.45 bits per heavy atom. The molecule has 1 saturated heterocycles. The van der Waals surface area contributed by atoms with E-state index >= 15 is 0 Å². The van der Waals surface area contributed by atoms with E-state index in [2.05, 4.69) is 20.3 Å². The molecule has 0 spiro atoms. The van der Waals surface area contributed by atoms with Gasteiger partial charge in [0.25, 0.3) is 0 Å². The molecule has 0 aromatic carbocycles. The maximum atomic E-state index is 10.4. The first-order valence-corrected chi connectivity index (χ1v) is 6.45. The number of nitrogens with zero attached hydrogens (tertiary/aromatic N) is 3. The van der Waals surface area contributed by atoms with Crippen LogP contribution in [-0.2, 0) is 14.4 Å². The van der Waals surface area contributed by atoms with Gasteiger partial charge in [0.2, 0.25) is 16.9 Å². The number of hydrogen-bond acceptors (Lipinski definition) is 5. The highest BCUT2D eigenvalue weighted by Crippen LogP contribution is 1.98. The van der Waals surface area contributed by atoms with Gasteiger partial charge in [0.1, 0.15) is 5.53 Å². The Balaban J connectivity index is 0. The maximum Gasteiger partial charge on any atom is 0.330 e. The summed E-state index contributed by atoms with van der Waals surface area (Å²) in [6, 6.07) is 0. The van der Waals surface area contributed by atoms with Gasteiger partial charge in [0.05, 0.1) is 0 Å². The molecule has 1 aliphatic rings. The standard InChI is InChI=1S/C5H10N3O.C5H9NO.C2H3NO/c1-2-3-4-5(9)7-8-6;7-5-3-1-2-4-6-5;1-3-2-4/h6H,2-4H2,1H3;1-4H2,(H,6,7);1H3/q+1;;. The topological polar surface area (TPSA) is 126 Å². The van der Waals surface area contributed by atoms with E-state index in [1.807, 2.05) is 6.92 Å². The number of rotatable bonds is 3. The molecule has 0 atom stereocenters. The average molecular weight is 284 g/mol. The van der Waals surface area contributed by atoms with E-state index in [1.54, 1.807) is 0 Å². The third-order valence-electron chi connectivity index (χ3n) is 2.15. The lowest BCUT2D eigenvalue weighted by Gasteiger charge is -2.08. The molecular weight excluding hydrogens is 262 g/mol. The number of unbranched alkanes of at least 4 members (excludes halogenated alkanes) is 1. The monoisotopic (exact) mass is 284 g/mol. The Labute approximate surface area is 118 Å². The second-order valence-electron chi connectivity index (χ2n) is 3.82. The third-order valence-corrected chi connectivity index (χ3v) is 2.15. The van der Waals surface area contributed by atoms with Gasteiger partial charge in [-0.25, -0.2) is 9.79 Å². The van der Waals surface area contributed by atoms with Gasteiger partial charge in [-0.1, -0.05) is 13.3 Å². The number of piperidine rings is 1. The van der Waals surface area contributed by atoms with Crippen molar-refractivity contribution in [2.75, 3.05) is 13.6 Å². The second-order valence-corrected chi connectivity index (χ2v) is 3.82. The van der Waals surface area contributed by atoms with Crippen LogP contribution in [0.25, 0.3) is 0 Å². The Bertz CT molecular complexity index is 363. The van der Waals surface area contributed by atoms with Crippen LogP contribution in [0.3, 0.4) is 0 Å². The Morgan fingerprint density at radius 2 is 2.15 bits per heavy atom. The Morgan fingerprint density at radius 1 is 1.50 bits per heavy atom. The van der Waals surface area contributed by atoms with E-state index in [4.69, 9.17) is 10.3 Å². The van der Waals surface area contributed by atoms with Gasteiger partial charge in [0.15, 0.2) is 5.11 Å². The predicted molar refractivity (Wildman–Crippen MR) is 72.7 cm³/mol. The summed E-state index contributed by atoms with van der Waals surface area (Å²) in [6.45, 7) is 2.88. The van der Waals surface area contributed by atoms with Gasteiger partial charge in [-0.05, 0) is 19.3 Å². The molecule has 8 heteroatoms. The van der Waals surface area contributed by atoms with Gasteiger partial charge in [0, 0.05) is 26.4 Å². The first kappa shape index (κ1) is 20.2. The molecule has 1 aliphatic heterocycles. The first-order valence-electron chi connectivity index (χ1n) is 6.45. The Kier molecular flexibility index (Phi) is 17.0. The molecule has 2 N–H and O–H groups in total. The molecule has 20 heavy (non-hydrogen) atoms. The zero-order chi connectivity index (χ0) is 15.6. The molecule has 112 valence electrons. The van der Waals surface area contributed by atoms with Crippen molar-refractivity contribution in [1.29, 1.82) is 5.53 Å². The Hall–Kier alpha value is -2.17. The van der Waals surface area contributed by atoms with Crippen LogP contribution in [-0.4, -0.2) is 31.5 Å². The normalized spacial score (nSPS) is 12.0. The van der Waals surface area contributed by atoms with Gasteiger partial charge in [-0.2, -0.15) is 0 Å². The van der Waals surface area contributed by atoms with Crippen LogP contribution in [0.15, 0.2) is 10.1 Å². The second kappa shape index (κ2) is 16.8. The van der Waals surface area contributed by atoms with Crippen molar-refractivity contribution in [3.05, 3.63) is 0 Å². The molecule has 1 fully saturated rings. The zero-order valence-electron chi connectivity index (χ0n) is 12.0. The van der Waals surface area contributed by atoms with Gasteiger partial charge >= 0.3 is 5.91 Å². The van der Waals surface area contributed by atoms with Crippen molar-refractivity contribution in [2.24, 2.45) is 10.1 Å².